The highest BCUT2D eigenvalue weighted by atomic mass is 28.4. The molecule has 1 saturated heterocycles. The summed E-state index contributed by atoms with van der Waals surface area (Å²) in [5, 5.41) is 1.41. The van der Waals surface area contributed by atoms with Crippen molar-refractivity contribution in [2.45, 2.75) is 77.2 Å². The third-order valence-electron chi connectivity index (χ3n) is 7.50. The second kappa shape index (κ2) is 8.59. The molecular weight excluding hydrogens is 390 g/mol. The van der Waals surface area contributed by atoms with Crippen molar-refractivity contribution in [3.63, 3.8) is 0 Å². The van der Waals surface area contributed by atoms with Crippen molar-refractivity contribution < 1.29 is 4.43 Å². The van der Waals surface area contributed by atoms with Crippen LogP contribution in [0, 0.1) is 0 Å². The fourth-order valence-corrected chi connectivity index (χ4v) is 5.16. The smallest absolute Gasteiger partial charge is 0.191 e. The van der Waals surface area contributed by atoms with Gasteiger partial charge in [0.2, 0.25) is 0 Å². The standard InChI is InChI=1S/C23H41N5OSi/c1-17-10-11-19(15-26(17)5)28(7)22-20-18(14-27(6)21(20)24-16-25-22)12-13-29-30(8,9)23(2,3)4/h14,16-17,19H,10-13,15H2,1-9H3. The van der Waals surface area contributed by atoms with Gasteiger partial charge in [0.15, 0.2) is 8.32 Å². The number of aromatic nitrogens is 3. The minimum atomic E-state index is -1.75. The quantitative estimate of drug-likeness (QED) is 0.632. The summed E-state index contributed by atoms with van der Waals surface area (Å²) in [4.78, 5) is 14.2. The zero-order valence-electron chi connectivity index (χ0n) is 20.5. The highest BCUT2D eigenvalue weighted by Crippen LogP contribution is 2.37. The molecule has 0 aliphatic carbocycles. The topological polar surface area (TPSA) is 46.4 Å². The summed E-state index contributed by atoms with van der Waals surface area (Å²) in [5.41, 5.74) is 2.29. The first-order valence-corrected chi connectivity index (χ1v) is 14.2. The van der Waals surface area contributed by atoms with E-state index in [1.807, 2.05) is 0 Å². The minimum absolute atomic E-state index is 0.227. The number of aryl methyl sites for hydroxylation is 1. The van der Waals surface area contributed by atoms with Gasteiger partial charge < -0.3 is 18.8 Å². The molecule has 3 heterocycles. The Kier molecular flexibility index (Phi) is 6.65. The molecule has 0 aromatic carbocycles. The van der Waals surface area contributed by atoms with Crippen LogP contribution < -0.4 is 4.90 Å². The van der Waals surface area contributed by atoms with E-state index in [9.17, 15) is 0 Å². The van der Waals surface area contributed by atoms with Gasteiger partial charge in [0.1, 0.15) is 17.8 Å². The highest BCUT2D eigenvalue weighted by molar-refractivity contribution is 6.74. The van der Waals surface area contributed by atoms with Crippen molar-refractivity contribution in [1.82, 2.24) is 19.4 Å². The van der Waals surface area contributed by atoms with Crippen molar-refractivity contribution in [3.05, 3.63) is 18.1 Å². The molecule has 2 aromatic heterocycles. The summed E-state index contributed by atoms with van der Waals surface area (Å²) in [6.07, 6.45) is 7.23. The molecule has 0 bridgehead atoms. The average Bonchev–Trinajstić information content (AvgIpc) is 2.98. The van der Waals surface area contributed by atoms with Gasteiger partial charge in [-0.1, -0.05) is 20.8 Å². The Morgan fingerprint density at radius 1 is 1.20 bits per heavy atom. The first kappa shape index (κ1) is 23.2. The van der Waals surface area contributed by atoms with E-state index in [0.29, 0.717) is 12.1 Å². The number of hydrogen-bond donors (Lipinski definition) is 0. The van der Waals surface area contributed by atoms with Crippen LogP contribution in [0.4, 0.5) is 5.82 Å². The summed E-state index contributed by atoms with van der Waals surface area (Å²) >= 11 is 0. The predicted molar refractivity (Wildman–Crippen MR) is 129 cm³/mol. The van der Waals surface area contributed by atoms with Crippen molar-refractivity contribution in [2.24, 2.45) is 7.05 Å². The molecule has 2 unspecified atom stereocenters. The lowest BCUT2D eigenvalue weighted by Gasteiger charge is -2.40. The Balaban J connectivity index is 1.85. The number of nitrogens with zero attached hydrogens (tertiary/aromatic N) is 5. The molecule has 1 aliphatic heterocycles. The molecule has 30 heavy (non-hydrogen) atoms. The van der Waals surface area contributed by atoms with Crippen LogP contribution in [0.25, 0.3) is 11.0 Å². The molecule has 2 aromatic rings. The maximum Gasteiger partial charge on any atom is 0.191 e. The SMILES string of the molecule is CC1CCC(N(C)c2ncnc3c2c(CCO[Si](C)(C)C(C)(C)C)cn3C)CN1C. The summed E-state index contributed by atoms with van der Waals surface area (Å²) in [6.45, 7) is 15.6. The van der Waals surface area contributed by atoms with Gasteiger partial charge in [0, 0.05) is 45.5 Å². The normalized spacial score (nSPS) is 21.4. The molecular formula is C23H41N5OSi. The number of piperidine rings is 1. The predicted octanol–water partition coefficient (Wildman–Crippen LogP) is 4.45. The molecule has 2 atom stereocenters. The van der Waals surface area contributed by atoms with E-state index < -0.39 is 8.32 Å². The highest BCUT2D eigenvalue weighted by Gasteiger charge is 2.37. The lowest BCUT2D eigenvalue weighted by Crippen LogP contribution is -2.48. The van der Waals surface area contributed by atoms with Crippen molar-refractivity contribution in [1.29, 1.82) is 0 Å². The Morgan fingerprint density at radius 3 is 2.53 bits per heavy atom. The third-order valence-corrected chi connectivity index (χ3v) is 12.0. The van der Waals surface area contributed by atoms with Gasteiger partial charge in [-0.2, -0.15) is 0 Å². The Morgan fingerprint density at radius 2 is 1.90 bits per heavy atom. The summed E-state index contributed by atoms with van der Waals surface area (Å²) in [7, 11) is 4.75. The number of likely N-dealkylation sites (N-methyl/N-ethyl adjacent to an activating group) is 2. The van der Waals surface area contributed by atoms with E-state index in [4.69, 9.17) is 9.41 Å². The fraction of sp³-hybridized carbons (Fsp3) is 0.739. The van der Waals surface area contributed by atoms with Crippen LogP contribution in [-0.2, 0) is 17.9 Å². The first-order valence-electron chi connectivity index (χ1n) is 11.3. The molecule has 0 radical (unpaired) electrons. The van der Waals surface area contributed by atoms with Crippen LogP contribution in [-0.4, -0.2) is 67.1 Å². The van der Waals surface area contributed by atoms with Gasteiger partial charge in [0.05, 0.1) is 5.39 Å². The monoisotopic (exact) mass is 431 g/mol. The molecule has 1 aliphatic rings. The van der Waals surface area contributed by atoms with E-state index in [2.05, 4.69) is 87.5 Å². The molecule has 0 N–H and O–H groups in total. The van der Waals surface area contributed by atoms with Crippen molar-refractivity contribution in [3.8, 4) is 0 Å². The van der Waals surface area contributed by atoms with E-state index in [1.165, 1.54) is 23.8 Å². The minimum Gasteiger partial charge on any atom is -0.416 e. The molecule has 1 fully saturated rings. The first-order chi connectivity index (χ1) is 13.9. The number of fused-ring (bicyclic) bond motifs is 1. The summed E-state index contributed by atoms with van der Waals surface area (Å²) in [5.74, 6) is 1.05. The number of rotatable bonds is 6. The van der Waals surface area contributed by atoms with Crippen LogP contribution in [0.15, 0.2) is 12.5 Å². The maximum atomic E-state index is 6.47. The Labute approximate surface area is 183 Å². The van der Waals surface area contributed by atoms with Crippen LogP contribution >= 0.6 is 0 Å². The zero-order valence-corrected chi connectivity index (χ0v) is 21.5. The summed E-state index contributed by atoms with van der Waals surface area (Å²) < 4.78 is 8.60. The zero-order chi connectivity index (χ0) is 22.3. The Hall–Kier alpha value is -1.44. The number of anilines is 1. The van der Waals surface area contributed by atoms with E-state index in [1.54, 1.807) is 6.33 Å². The van der Waals surface area contributed by atoms with Crippen LogP contribution in [0.3, 0.4) is 0 Å². The van der Waals surface area contributed by atoms with Gasteiger partial charge in [-0.3, -0.25) is 0 Å². The van der Waals surface area contributed by atoms with Crippen LogP contribution in [0.2, 0.25) is 18.1 Å². The van der Waals surface area contributed by atoms with E-state index in [0.717, 1.165) is 31.0 Å². The summed E-state index contributed by atoms with van der Waals surface area (Å²) in [6, 6.07) is 1.13. The maximum absolute atomic E-state index is 6.47. The van der Waals surface area contributed by atoms with Crippen molar-refractivity contribution >= 4 is 25.2 Å². The molecule has 0 saturated carbocycles. The second-order valence-corrected chi connectivity index (χ2v) is 15.5. The number of likely N-dealkylation sites (tertiary alicyclic amines) is 1. The van der Waals surface area contributed by atoms with Crippen LogP contribution in [0.1, 0.15) is 46.1 Å². The van der Waals surface area contributed by atoms with E-state index >= 15 is 0 Å². The van der Waals surface area contributed by atoms with Crippen LogP contribution in [0.5, 0.6) is 0 Å². The Bertz CT molecular complexity index is 872. The molecule has 0 spiro atoms. The molecule has 6 nitrogen and oxygen atoms in total. The van der Waals surface area contributed by atoms with Gasteiger partial charge >= 0.3 is 0 Å². The van der Waals surface area contributed by atoms with Gasteiger partial charge in [0.25, 0.3) is 0 Å². The van der Waals surface area contributed by atoms with Gasteiger partial charge in [-0.25, -0.2) is 9.97 Å². The molecule has 3 rings (SSSR count). The number of hydrogen-bond acceptors (Lipinski definition) is 5. The van der Waals surface area contributed by atoms with E-state index in [-0.39, 0.29) is 5.04 Å². The molecule has 7 heteroatoms. The average molecular weight is 432 g/mol. The second-order valence-electron chi connectivity index (χ2n) is 10.7. The lowest BCUT2D eigenvalue weighted by atomic mass is 9.99. The molecule has 168 valence electrons. The fourth-order valence-electron chi connectivity index (χ4n) is 4.12. The third kappa shape index (κ3) is 4.58. The lowest BCUT2D eigenvalue weighted by molar-refractivity contribution is 0.179. The largest absolute Gasteiger partial charge is 0.416 e. The van der Waals surface area contributed by atoms with Gasteiger partial charge in [-0.05, 0) is 56.9 Å². The van der Waals surface area contributed by atoms with Crippen molar-refractivity contribution in [2.75, 3.05) is 32.1 Å². The molecule has 0 amide bonds. The van der Waals surface area contributed by atoms with Gasteiger partial charge in [-0.15, -0.1) is 0 Å².